The molecule has 9 heteroatoms. The molecule has 9 nitrogen and oxygen atoms in total. The number of amides is 2. The van der Waals surface area contributed by atoms with Crippen molar-refractivity contribution in [2.45, 2.75) is 193 Å². The van der Waals surface area contributed by atoms with Gasteiger partial charge < -0.3 is 25.6 Å². The number of esters is 1. The number of hydrogen-bond acceptors (Lipinski definition) is 6. The normalized spacial score (nSPS) is 13.0. The summed E-state index contributed by atoms with van der Waals surface area (Å²) in [5.74, 6) is -2.34. The fraction of sp³-hybridized carbons (Fsp3) is 0.727. The molecule has 0 aromatic rings. The molecule has 0 bridgehead atoms. The third-order valence-corrected chi connectivity index (χ3v) is 9.09. The number of nitrogens with one attached hydrogen (secondary N) is 2. The Balaban J connectivity index is 4.36. The number of hydrogen-bond donors (Lipinski definition) is 4. The summed E-state index contributed by atoms with van der Waals surface area (Å²) in [5.41, 5.74) is 0. The van der Waals surface area contributed by atoms with Crippen LogP contribution >= 0.6 is 0 Å². The van der Waals surface area contributed by atoms with Gasteiger partial charge in [0.25, 0.3) is 0 Å². The molecule has 0 radical (unpaired) electrons. The summed E-state index contributed by atoms with van der Waals surface area (Å²) in [7, 11) is 0. The number of carboxylic acid groups (broad SMARTS) is 1. The molecule has 304 valence electrons. The highest BCUT2D eigenvalue weighted by atomic mass is 16.5. The van der Waals surface area contributed by atoms with Gasteiger partial charge in [-0.2, -0.15) is 0 Å². The van der Waals surface area contributed by atoms with E-state index in [2.05, 4.69) is 73.1 Å². The van der Waals surface area contributed by atoms with Crippen LogP contribution in [0.1, 0.15) is 181 Å². The van der Waals surface area contributed by atoms with Crippen LogP contribution in [-0.2, 0) is 23.9 Å². The molecule has 0 rings (SSSR count). The number of carbonyl (C=O) groups excluding carboxylic acids is 3. The van der Waals surface area contributed by atoms with Crippen molar-refractivity contribution in [1.82, 2.24) is 10.6 Å². The summed E-state index contributed by atoms with van der Waals surface area (Å²) in [5, 5.41) is 22.5. The van der Waals surface area contributed by atoms with Crippen molar-refractivity contribution < 1.29 is 34.1 Å². The maximum Gasteiger partial charge on any atom is 0.328 e. The molecule has 2 amide bonds. The number of carbonyl (C=O) groups is 4. The highest BCUT2D eigenvalue weighted by molar-refractivity contribution is 5.87. The van der Waals surface area contributed by atoms with Gasteiger partial charge >= 0.3 is 11.9 Å². The van der Waals surface area contributed by atoms with Gasteiger partial charge in [0, 0.05) is 12.8 Å². The number of aliphatic hydroxyl groups excluding tert-OH is 1. The number of carboxylic acids is 1. The molecule has 0 spiro atoms. The van der Waals surface area contributed by atoms with E-state index >= 15 is 0 Å². The number of allylic oxidation sites excluding steroid dienone is 8. The van der Waals surface area contributed by atoms with Gasteiger partial charge in [-0.3, -0.25) is 14.4 Å². The molecule has 0 saturated carbocycles. The number of ether oxygens (including phenoxy) is 1. The summed E-state index contributed by atoms with van der Waals surface area (Å²) in [6.07, 6.45) is 44.2. The maximum atomic E-state index is 12.7. The number of aliphatic carboxylic acids is 1. The Morgan fingerprint density at radius 2 is 1.08 bits per heavy atom. The van der Waals surface area contributed by atoms with Gasteiger partial charge in [0.05, 0.1) is 13.2 Å². The average Bonchev–Trinajstić information content (AvgIpc) is 3.14. The fourth-order valence-corrected chi connectivity index (χ4v) is 5.88. The largest absolute Gasteiger partial charge is 0.480 e. The van der Waals surface area contributed by atoms with E-state index in [1.54, 1.807) is 0 Å². The lowest BCUT2D eigenvalue weighted by molar-refractivity contribution is -0.150. The quantitative estimate of drug-likeness (QED) is 0.0282. The molecule has 2 atom stereocenters. The van der Waals surface area contributed by atoms with E-state index in [1.165, 1.54) is 57.8 Å². The second-order valence-corrected chi connectivity index (χ2v) is 14.1. The molecule has 0 saturated heterocycles. The molecule has 53 heavy (non-hydrogen) atoms. The van der Waals surface area contributed by atoms with Gasteiger partial charge in [-0.25, -0.2) is 4.79 Å². The molecule has 0 aliphatic rings. The smallest absolute Gasteiger partial charge is 0.328 e. The van der Waals surface area contributed by atoms with Crippen molar-refractivity contribution in [2.24, 2.45) is 0 Å². The Kier molecular flexibility index (Phi) is 36.2. The van der Waals surface area contributed by atoms with E-state index in [1.807, 2.05) is 0 Å². The second-order valence-electron chi connectivity index (χ2n) is 14.1. The highest BCUT2D eigenvalue weighted by Gasteiger charge is 2.19. The Labute approximate surface area is 322 Å². The Bertz CT molecular complexity index is 1040. The van der Waals surface area contributed by atoms with Crippen LogP contribution in [0.5, 0.6) is 0 Å². The van der Waals surface area contributed by atoms with E-state index in [9.17, 15) is 19.2 Å². The summed E-state index contributed by atoms with van der Waals surface area (Å²) in [6, 6.07) is -1.38. The summed E-state index contributed by atoms with van der Waals surface area (Å²) < 4.78 is 5.99. The molecule has 0 aromatic carbocycles. The highest BCUT2D eigenvalue weighted by Crippen LogP contribution is 2.18. The third-order valence-electron chi connectivity index (χ3n) is 9.09. The van der Waals surface area contributed by atoms with Crippen molar-refractivity contribution in [1.29, 1.82) is 0 Å². The molecule has 0 aromatic heterocycles. The van der Waals surface area contributed by atoms with Crippen LogP contribution in [0.3, 0.4) is 0 Å². The number of rotatable bonds is 37. The summed E-state index contributed by atoms with van der Waals surface area (Å²) in [6.45, 7) is 3.35. The third kappa shape index (κ3) is 35.6. The van der Waals surface area contributed by atoms with Crippen LogP contribution in [0.2, 0.25) is 0 Å². The lowest BCUT2D eigenvalue weighted by atomic mass is 10.0. The van der Waals surface area contributed by atoms with Crippen LogP contribution in [0, 0.1) is 0 Å². The minimum absolute atomic E-state index is 0.0330. The molecule has 0 aliphatic heterocycles. The summed E-state index contributed by atoms with van der Waals surface area (Å²) >= 11 is 0. The molecule has 4 N–H and O–H groups in total. The first-order chi connectivity index (χ1) is 25.8. The SMILES string of the molecule is CC/C=C\C/C=C\C/C=C\C/C=C\CCCCC(=O)OC(CCCCCCCCCCCC)CCCCCCCC(=O)NCC(=O)NC(CO)C(=O)O. The van der Waals surface area contributed by atoms with Crippen molar-refractivity contribution in [3.8, 4) is 0 Å². The molecule has 0 heterocycles. The Hall–Kier alpha value is -3.20. The van der Waals surface area contributed by atoms with Crippen molar-refractivity contribution in [3.63, 3.8) is 0 Å². The average molecular weight is 745 g/mol. The molecule has 0 aliphatic carbocycles. The Morgan fingerprint density at radius 3 is 1.60 bits per heavy atom. The molecular formula is C44H76N2O7. The van der Waals surface area contributed by atoms with Gasteiger partial charge in [-0.05, 0) is 77.0 Å². The molecular weight excluding hydrogens is 668 g/mol. The van der Waals surface area contributed by atoms with Gasteiger partial charge in [0.15, 0.2) is 0 Å². The monoisotopic (exact) mass is 745 g/mol. The van der Waals surface area contributed by atoms with Crippen molar-refractivity contribution in [3.05, 3.63) is 48.6 Å². The van der Waals surface area contributed by atoms with Crippen LogP contribution in [-0.4, -0.2) is 59.3 Å². The predicted molar refractivity (Wildman–Crippen MR) is 217 cm³/mol. The van der Waals surface area contributed by atoms with E-state index in [4.69, 9.17) is 14.9 Å². The first kappa shape index (κ1) is 49.8. The molecule has 2 unspecified atom stereocenters. The lowest BCUT2D eigenvalue weighted by Gasteiger charge is -2.18. The fourth-order valence-electron chi connectivity index (χ4n) is 5.88. The minimum atomic E-state index is -1.38. The van der Waals surface area contributed by atoms with Crippen LogP contribution in [0.15, 0.2) is 48.6 Å². The van der Waals surface area contributed by atoms with Crippen LogP contribution in [0.4, 0.5) is 0 Å². The van der Waals surface area contributed by atoms with E-state index in [-0.39, 0.29) is 30.9 Å². The van der Waals surface area contributed by atoms with Crippen LogP contribution < -0.4 is 10.6 Å². The standard InChI is InChI=1S/C44H76N2O7/c1-3-5-7-9-11-13-15-16-17-18-19-21-23-28-32-36-43(50)53-39(33-29-25-22-20-14-12-10-8-6-4-2)34-30-26-24-27-31-35-41(48)45-37-42(49)46-40(38-47)44(51)52/h5,7,11,13,16-17,19,21,39-40,47H,3-4,6,8-10,12,14-15,18,20,22-38H2,1-2H3,(H,45,48)(H,46,49)(H,51,52)/b7-5-,13-11-,17-16-,21-19-. The topological polar surface area (TPSA) is 142 Å². The van der Waals surface area contributed by atoms with E-state index < -0.39 is 24.5 Å². The van der Waals surface area contributed by atoms with E-state index in [0.717, 1.165) is 89.9 Å². The van der Waals surface area contributed by atoms with Crippen molar-refractivity contribution in [2.75, 3.05) is 13.2 Å². The Morgan fingerprint density at radius 1 is 0.585 bits per heavy atom. The number of aliphatic hydroxyl groups is 1. The zero-order valence-corrected chi connectivity index (χ0v) is 33.5. The van der Waals surface area contributed by atoms with Crippen LogP contribution in [0.25, 0.3) is 0 Å². The second kappa shape index (κ2) is 38.5. The summed E-state index contributed by atoms with van der Waals surface area (Å²) in [4.78, 5) is 47.5. The zero-order chi connectivity index (χ0) is 39.0. The van der Waals surface area contributed by atoms with Gasteiger partial charge in [-0.15, -0.1) is 0 Å². The first-order valence-corrected chi connectivity index (χ1v) is 21.0. The lowest BCUT2D eigenvalue weighted by Crippen LogP contribution is -2.47. The number of unbranched alkanes of at least 4 members (excludes halogenated alkanes) is 15. The van der Waals surface area contributed by atoms with E-state index in [0.29, 0.717) is 12.8 Å². The maximum absolute atomic E-state index is 12.7. The van der Waals surface area contributed by atoms with Crippen molar-refractivity contribution >= 4 is 23.8 Å². The zero-order valence-electron chi connectivity index (χ0n) is 33.5. The predicted octanol–water partition coefficient (Wildman–Crippen LogP) is 9.98. The first-order valence-electron chi connectivity index (χ1n) is 21.0. The van der Waals surface area contributed by atoms with Gasteiger partial charge in [0.2, 0.25) is 11.8 Å². The molecule has 0 fully saturated rings. The van der Waals surface area contributed by atoms with Gasteiger partial charge in [0.1, 0.15) is 12.1 Å². The van der Waals surface area contributed by atoms with Gasteiger partial charge in [-0.1, -0.05) is 140 Å². The minimum Gasteiger partial charge on any atom is -0.480 e.